The molecule has 0 rings (SSSR count). The number of esters is 1. The summed E-state index contributed by atoms with van der Waals surface area (Å²) in [6.45, 7) is 7.46. The Morgan fingerprint density at radius 1 is 1.58 bits per heavy atom. The van der Waals surface area contributed by atoms with E-state index in [0.717, 1.165) is 0 Å². The predicted octanol–water partition coefficient (Wildman–Crippen LogP) is 1.27. The second-order valence-electron chi connectivity index (χ2n) is 2.59. The van der Waals surface area contributed by atoms with E-state index in [1.54, 1.807) is 6.92 Å². The van der Waals surface area contributed by atoms with Crippen molar-refractivity contribution in [2.24, 2.45) is 0 Å². The first-order valence-corrected chi connectivity index (χ1v) is 4.14. The lowest BCUT2D eigenvalue weighted by molar-refractivity contribution is -0.138. The normalized spacial score (nSPS) is 12.2. The molecule has 0 radical (unpaired) electrons. The number of hydrogen-bond donors (Lipinski definition) is 1. The van der Waals surface area contributed by atoms with Crippen molar-refractivity contribution in [1.82, 2.24) is 0 Å². The molecule has 0 saturated heterocycles. The third-order valence-electron chi connectivity index (χ3n) is 1.52. The molecule has 0 aliphatic carbocycles. The number of carbonyl (C=O) groups is 1. The molecule has 0 aliphatic rings. The average Bonchev–Trinajstić information content (AvgIpc) is 2.04. The van der Waals surface area contributed by atoms with E-state index in [9.17, 15) is 9.90 Å². The second-order valence-corrected chi connectivity index (χ2v) is 2.59. The number of hydrogen-bond acceptors (Lipinski definition) is 3. The SMILES string of the molecule is C=C(CC(O)CC)C(=O)OCC. The van der Waals surface area contributed by atoms with Crippen molar-refractivity contribution in [2.45, 2.75) is 32.8 Å². The maximum atomic E-state index is 11.0. The molecule has 0 spiro atoms. The van der Waals surface area contributed by atoms with E-state index >= 15 is 0 Å². The van der Waals surface area contributed by atoms with E-state index in [2.05, 4.69) is 6.58 Å². The summed E-state index contributed by atoms with van der Waals surface area (Å²) in [4.78, 5) is 11.0. The maximum absolute atomic E-state index is 11.0. The summed E-state index contributed by atoms with van der Waals surface area (Å²) in [7, 11) is 0. The molecule has 0 saturated carbocycles. The molecule has 0 amide bonds. The monoisotopic (exact) mass is 172 g/mol. The van der Waals surface area contributed by atoms with Crippen molar-refractivity contribution >= 4 is 5.97 Å². The van der Waals surface area contributed by atoms with Gasteiger partial charge in [0.2, 0.25) is 0 Å². The van der Waals surface area contributed by atoms with Gasteiger partial charge in [0.1, 0.15) is 0 Å². The molecule has 3 nitrogen and oxygen atoms in total. The van der Waals surface area contributed by atoms with E-state index < -0.39 is 12.1 Å². The molecular formula is C9H16O3. The van der Waals surface area contributed by atoms with Crippen LogP contribution >= 0.6 is 0 Å². The van der Waals surface area contributed by atoms with Crippen LogP contribution in [0.15, 0.2) is 12.2 Å². The maximum Gasteiger partial charge on any atom is 0.333 e. The van der Waals surface area contributed by atoms with Crippen molar-refractivity contribution < 1.29 is 14.6 Å². The number of carbonyl (C=O) groups excluding carboxylic acids is 1. The quantitative estimate of drug-likeness (QED) is 0.501. The molecule has 0 bridgehead atoms. The molecule has 0 aliphatic heterocycles. The molecule has 1 unspecified atom stereocenters. The molecule has 3 heteroatoms. The summed E-state index contributed by atoms with van der Waals surface area (Å²) >= 11 is 0. The summed E-state index contributed by atoms with van der Waals surface area (Å²) in [5.74, 6) is -0.412. The molecule has 0 aromatic rings. The van der Waals surface area contributed by atoms with Gasteiger partial charge >= 0.3 is 5.97 Å². The topological polar surface area (TPSA) is 46.5 Å². The number of aliphatic hydroxyl groups excluding tert-OH is 1. The molecular weight excluding hydrogens is 156 g/mol. The van der Waals surface area contributed by atoms with E-state index in [1.807, 2.05) is 6.92 Å². The third kappa shape index (κ3) is 4.13. The Hall–Kier alpha value is -0.830. The van der Waals surface area contributed by atoms with Crippen molar-refractivity contribution in [2.75, 3.05) is 6.61 Å². The minimum absolute atomic E-state index is 0.301. The number of rotatable bonds is 5. The van der Waals surface area contributed by atoms with Crippen LogP contribution in [0, 0.1) is 0 Å². The minimum atomic E-state index is -0.484. The van der Waals surface area contributed by atoms with Crippen LogP contribution < -0.4 is 0 Å². The highest BCUT2D eigenvalue weighted by Crippen LogP contribution is 2.07. The minimum Gasteiger partial charge on any atom is -0.463 e. The predicted molar refractivity (Wildman–Crippen MR) is 46.7 cm³/mol. The van der Waals surface area contributed by atoms with Crippen molar-refractivity contribution in [3.63, 3.8) is 0 Å². The highest BCUT2D eigenvalue weighted by molar-refractivity contribution is 5.87. The first kappa shape index (κ1) is 11.2. The largest absolute Gasteiger partial charge is 0.463 e. The fourth-order valence-corrected chi connectivity index (χ4v) is 0.745. The van der Waals surface area contributed by atoms with Gasteiger partial charge in [-0.25, -0.2) is 4.79 Å². The Morgan fingerprint density at radius 2 is 2.17 bits per heavy atom. The summed E-state index contributed by atoms with van der Waals surface area (Å²) in [5.41, 5.74) is 0.339. The van der Waals surface area contributed by atoms with Crippen LogP contribution in [0.5, 0.6) is 0 Å². The molecule has 0 heterocycles. The van der Waals surface area contributed by atoms with E-state index in [1.165, 1.54) is 0 Å². The van der Waals surface area contributed by atoms with Gasteiger partial charge in [-0.15, -0.1) is 0 Å². The van der Waals surface area contributed by atoms with Crippen LogP contribution in [0.25, 0.3) is 0 Å². The molecule has 12 heavy (non-hydrogen) atoms. The molecule has 70 valence electrons. The lowest BCUT2D eigenvalue weighted by Crippen LogP contribution is -2.13. The second kappa shape index (κ2) is 5.77. The van der Waals surface area contributed by atoms with Crippen LogP contribution in [0.1, 0.15) is 26.7 Å². The molecule has 1 atom stereocenters. The lowest BCUT2D eigenvalue weighted by Gasteiger charge is -2.08. The van der Waals surface area contributed by atoms with Gasteiger partial charge in [0.15, 0.2) is 0 Å². The molecule has 1 N–H and O–H groups in total. The average molecular weight is 172 g/mol. The van der Waals surface area contributed by atoms with E-state index in [0.29, 0.717) is 25.0 Å². The Bertz CT molecular complexity index is 163. The Kier molecular flexibility index (Phi) is 5.37. The summed E-state index contributed by atoms with van der Waals surface area (Å²) in [6, 6.07) is 0. The highest BCUT2D eigenvalue weighted by atomic mass is 16.5. The summed E-state index contributed by atoms with van der Waals surface area (Å²) in [6.07, 6.45) is 0.440. The lowest BCUT2D eigenvalue weighted by atomic mass is 10.1. The van der Waals surface area contributed by atoms with Crippen LogP contribution in [-0.4, -0.2) is 23.8 Å². The van der Waals surface area contributed by atoms with Crippen LogP contribution in [0.3, 0.4) is 0 Å². The summed E-state index contributed by atoms with van der Waals surface area (Å²) in [5, 5.41) is 9.18. The molecule has 0 aromatic heterocycles. The van der Waals surface area contributed by atoms with Gasteiger partial charge in [-0.1, -0.05) is 13.5 Å². The molecule has 0 fully saturated rings. The number of aliphatic hydroxyl groups is 1. The van der Waals surface area contributed by atoms with E-state index in [4.69, 9.17) is 4.74 Å². The van der Waals surface area contributed by atoms with Gasteiger partial charge in [-0.3, -0.25) is 0 Å². The zero-order valence-electron chi connectivity index (χ0n) is 7.67. The van der Waals surface area contributed by atoms with Gasteiger partial charge in [0.05, 0.1) is 12.7 Å². The first-order valence-electron chi connectivity index (χ1n) is 4.14. The van der Waals surface area contributed by atoms with Crippen LogP contribution in [0.2, 0.25) is 0 Å². The van der Waals surface area contributed by atoms with Gasteiger partial charge in [-0.05, 0) is 13.3 Å². The van der Waals surface area contributed by atoms with E-state index in [-0.39, 0.29) is 0 Å². The fraction of sp³-hybridized carbons (Fsp3) is 0.667. The van der Waals surface area contributed by atoms with Crippen LogP contribution in [0.4, 0.5) is 0 Å². The zero-order chi connectivity index (χ0) is 9.56. The van der Waals surface area contributed by atoms with Crippen molar-refractivity contribution in [3.8, 4) is 0 Å². The first-order chi connectivity index (χ1) is 5.61. The Labute approximate surface area is 73.0 Å². The molecule has 0 aromatic carbocycles. The van der Waals surface area contributed by atoms with Crippen molar-refractivity contribution in [3.05, 3.63) is 12.2 Å². The van der Waals surface area contributed by atoms with Crippen molar-refractivity contribution in [1.29, 1.82) is 0 Å². The van der Waals surface area contributed by atoms with Gasteiger partial charge in [-0.2, -0.15) is 0 Å². The smallest absolute Gasteiger partial charge is 0.333 e. The van der Waals surface area contributed by atoms with Gasteiger partial charge in [0, 0.05) is 12.0 Å². The number of ether oxygens (including phenoxy) is 1. The zero-order valence-corrected chi connectivity index (χ0v) is 7.67. The van der Waals surface area contributed by atoms with Gasteiger partial charge < -0.3 is 9.84 Å². The summed E-state index contributed by atoms with van der Waals surface area (Å²) < 4.78 is 4.70. The Morgan fingerprint density at radius 3 is 2.58 bits per heavy atom. The van der Waals surface area contributed by atoms with Gasteiger partial charge in [0.25, 0.3) is 0 Å². The fourth-order valence-electron chi connectivity index (χ4n) is 0.745. The standard InChI is InChI=1S/C9H16O3/c1-4-8(10)6-7(3)9(11)12-5-2/h8,10H,3-6H2,1-2H3. The Balaban J connectivity index is 3.79. The third-order valence-corrected chi connectivity index (χ3v) is 1.52. The highest BCUT2D eigenvalue weighted by Gasteiger charge is 2.11. The van der Waals surface area contributed by atoms with Crippen LogP contribution in [-0.2, 0) is 9.53 Å².